The summed E-state index contributed by atoms with van der Waals surface area (Å²) in [5, 5.41) is 2.86. The highest BCUT2D eigenvalue weighted by molar-refractivity contribution is 5.76. The minimum absolute atomic E-state index is 0.0476. The molecule has 0 aliphatic carbocycles. The summed E-state index contributed by atoms with van der Waals surface area (Å²) in [5.41, 5.74) is 0.974. The topological polar surface area (TPSA) is 56.8 Å². The van der Waals surface area contributed by atoms with E-state index in [0.29, 0.717) is 19.6 Å². The lowest BCUT2D eigenvalue weighted by Gasteiger charge is -2.08. The largest absolute Gasteiger partial charge is 0.493 e. The van der Waals surface area contributed by atoms with E-state index in [2.05, 4.69) is 5.32 Å². The normalized spacial score (nSPS) is 12.0. The highest BCUT2D eigenvalue weighted by Crippen LogP contribution is 2.32. The molecule has 1 heterocycles. The van der Waals surface area contributed by atoms with E-state index in [1.807, 2.05) is 48.5 Å². The molecule has 0 saturated heterocycles. The van der Waals surface area contributed by atoms with Crippen LogP contribution in [0.4, 0.5) is 0 Å². The quantitative estimate of drug-likeness (QED) is 0.890. The van der Waals surface area contributed by atoms with Gasteiger partial charge in [0.25, 0.3) is 0 Å². The highest BCUT2D eigenvalue weighted by Gasteiger charge is 2.13. The van der Waals surface area contributed by atoms with Gasteiger partial charge in [-0.05, 0) is 29.8 Å². The van der Waals surface area contributed by atoms with Gasteiger partial charge in [0.15, 0.2) is 11.5 Å². The molecule has 5 nitrogen and oxygen atoms in total. The molecule has 0 aromatic heterocycles. The Morgan fingerprint density at radius 2 is 1.91 bits per heavy atom. The predicted molar refractivity (Wildman–Crippen MR) is 81.0 cm³/mol. The van der Waals surface area contributed by atoms with E-state index in [1.54, 1.807) is 0 Å². The molecule has 0 saturated carbocycles. The molecular weight excluding hydrogens is 282 g/mol. The molecule has 2 aromatic rings. The first-order valence-electron chi connectivity index (χ1n) is 7.14. The van der Waals surface area contributed by atoms with Crippen LogP contribution in [0, 0.1) is 0 Å². The molecule has 0 spiro atoms. The number of hydrogen-bond donors (Lipinski definition) is 1. The molecule has 1 aliphatic rings. The van der Waals surface area contributed by atoms with Crippen molar-refractivity contribution in [1.82, 2.24) is 5.32 Å². The van der Waals surface area contributed by atoms with Crippen LogP contribution in [0.25, 0.3) is 0 Å². The Kier molecular flexibility index (Phi) is 4.44. The Hall–Kier alpha value is -2.69. The van der Waals surface area contributed by atoms with Crippen molar-refractivity contribution in [2.45, 2.75) is 13.0 Å². The first-order valence-corrected chi connectivity index (χ1v) is 7.14. The van der Waals surface area contributed by atoms with Crippen molar-refractivity contribution in [1.29, 1.82) is 0 Å². The lowest BCUT2D eigenvalue weighted by Crippen LogP contribution is -2.24. The molecule has 0 fully saturated rings. The Morgan fingerprint density at radius 1 is 1.09 bits per heavy atom. The van der Waals surface area contributed by atoms with Gasteiger partial charge in [-0.1, -0.05) is 24.3 Å². The maximum Gasteiger partial charge on any atom is 0.231 e. The van der Waals surface area contributed by atoms with E-state index in [4.69, 9.17) is 14.2 Å². The molecule has 0 radical (unpaired) electrons. The van der Waals surface area contributed by atoms with Crippen LogP contribution >= 0.6 is 0 Å². The minimum atomic E-state index is -0.0476. The van der Waals surface area contributed by atoms with Crippen LogP contribution in [-0.2, 0) is 11.3 Å². The minimum Gasteiger partial charge on any atom is -0.493 e. The van der Waals surface area contributed by atoms with Crippen molar-refractivity contribution in [2.75, 3.05) is 13.4 Å². The fourth-order valence-electron chi connectivity index (χ4n) is 2.12. The van der Waals surface area contributed by atoms with Gasteiger partial charge >= 0.3 is 0 Å². The summed E-state index contributed by atoms with van der Waals surface area (Å²) in [6.45, 7) is 1.07. The van der Waals surface area contributed by atoms with Crippen LogP contribution in [0.5, 0.6) is 17.2 Å². The first-order chi connectivity index (χ1) is 10.8. The number of carbonyl (C=O) groups excluding carboxylic acids is 1. The van der Waals surface area contributed by atoms with Gasteiger partial charge in [-0.2, -0.15) is 0 Å². The van der Waals surface area contributed by atoms with Crippen LogP contribution < -0.4 is 19.5 Å². The number of rotatable bonds is 6. The number of fused-ring (bicyclic) bond motifs is 1. The number of carbonyl (C=O) groups is 1. The van der Waals surface area contributed by atoms with Gasteiger partial charge in [0, 0.05) is 6.54 Å². The van der Waals surface area contributed by atoms with E-state index >= 15 is 0 Å². The van der Waals surface area contributed by atoms with Gasteiger partial charge in [0.2, 0.25) is 12.7 Å². The summed E-state index contributed by atoms with van der Waals surface area (Å²) >= 11 is 0. The van der Waals surface area contributed by atoms with Crippen molar-refractivity contribution >= 4 is 5.91 Å². The number of benzene rings is 2. The van der Waals surface area contributed by atoms with Crippen molar-refractivity contribution in [2.24, 2.45) is 0 Å². The molecular formula is C17H17NO4. The number of amides is 1. The molecule has 2 aromatic carbocycles. The van der Waals surface area contributed by atoms with Crippen molar-refractivity contribution in [3.8, 4) is 17.2 Å². The molecule has 22 heavy (non-hydrogen) atoms. The van der Waals surface area contributed by atoms with E-state index < -0.39 is 0 Å². The molecule has 0 atom stereocenters. The molecule has 3 rings (SSSR count). The first kappa shape index (κ1) is 14.3. The molecule has 0 bridgehead atoms. The molecule has 5 heteroatoms. The highest BCUT2D eigenvalue weighted by atomic mass is 16.7. The van der Waals surface area contributed by atoms with Gasteiger partial charge in [0.05, 0.1) is 13.0 Å². The number of para-hydroxylation sites is 1. The second-order valence-corrected chi connectivity index (χ2v) is 4.88. The van der Waals surface area contributed by atoms with E-state index in [9.17, 15) is 4.79 Å². The fourth-order valence-corrected chi connectivity index (χ4v) is 2.12. The SMILES string of the molecule is O=C(CCOc1ccccc1)NCc1ccc2c(c1)OCO2. The summed E-state index contributed by atoms with van der Waals surface area (Å²) in [6.07, 6.45) is 0.319. The number of nitrogens with one attached hydrogen (secondary N) is 1. The Labute approximate surface area is 128 Å². The Balaban J connectivity index is 1.41. The van der Waals surface area contributed by atoms with Gasteiger partial charge < -0.3 is 19.5 Å². The molecule has 1 amide bonds. The van der Waals surface area contributed by atoms with Gasteiger partial charge in [0.1, 0.15) is 5.75 Å². The smallest absolute Gasteiger partial charge is 0.231 e. The van der Waals surface area contributed by atoms with Crippen molar-refractivity contribution < 1.29 is 19.0 Å². The number of hydrogen-bond acceptors (Lipinski definition) is 4. The Bertz CT molecular complexity index is 642. The summed E-state index contributed by atoms with van der Waals surface area (Å²) < 4.78 is 16.0. The van der Waals surface area contributed by atoms with Gasteiger partial charge in [-0.3, -0.25) is 4.79 Å². The van der Waals surface area contributed by atoms with E-state index in [-0.39, 0.29) is 12.7 Å². The predicted octanol–water partition coefficient (Wildman–Crippen LogP) is 2.50. The number of ether oxygens (including phenoxy) is 3. The zero-order valence-corrected chi connectivity index (χ0v) is 12.1. The maximum atomic E-state index is 11.8. The summed E-state index contributed by atoms with van der Waals surface area (Å²) in [5.74, 6) is 2.19. The second kappa shape index (κ2) is 6.85. The van der Waals surface area contributed by atoms with Crippen molar-refractivity contribution in [3.05, 3.63) is 54.1 Å². The summed E-state index contributed by atoms with van der Waals surface area (Å²) in [7, 11) is 0. The zero-order valence-electron chi connectivity index (χ0n) is 12.1. The third kappa shape index (κ3) is 3.69. The van der Waals surface area contributed by atoms with Crippen LogP contribution in [0.1, 0.15) is 12.0 Å². The standard InChI is InChI=1S/C17H17NO4/c19-17(8-9-20-14-4-2-1-3-5-14)18-11-13-6-7-15-16(10-13)22-12-21-15/h1-7,10H,8-9,11-12H2,(H,18,19). The van der Waals surface area contributed by atoms with Gasteiger partial charge in [-0.15, -0.1) is 0 Å². The van der Waals surface area contributed by atoms with Crippen LogP contribution in [-0.4, -0.2) is 19.3 Å². The summed E-state index contributed by atoms with van der Waals surface area (Å²) in [4.78, 5) is 11.8. The van der Waals surface area contributed by atoms with Crippen molar-refractivity contribution in [3.63, 3.8) is 0 Å². The molecule has 1 aliphatic heterocycles. The lowest BCUT2D eigenvalue weighted by atomic mass is 10.2. The van der Waals surface area contributed by atoms with E-state index in [1.165, 1.54) is 0 Å². The van der Waals surface area contributed by atoms with Crippen LogP contribution in [0.15, 0.2) is 48.5 Å². The van der Waals surface area contributed by atoms with Gasteiger partial charge in [-0.25, -0.2) is 0 Å². The second-order valence-electron chi connectivity index (χ2n) is 4.88. The molecule has 114 valence electrons. The molecule has 1 N–H and O–H groups in total. The monoisotopic (exact) mass is 299 g/mol. The summed E-state index contributed by atoms with van der Waals surface area (Å²) in [6, 6.07) is 15.1. The van der Waals surface area contributed by atoms with E-state index in [0.717, 1.165) is 22.8 Å². The third-order valence-electron chi connectivity index (χ3n) is 3.27. The average Bonchev–Trinajstić information content (AvgIpc) is 3.01. The maximum absolute atomic E-state index is 11.8. The average molecular weight is 299 g/mol. The van der Waals surface area contributed by atoms with Crippen LogP contribution in [0.3, 0.4) is 0 Å². The van der Waals surface area contributed by atoms with Crippen LogP contribution in [0.2, 0.25) is 0 Å². The fraction of sp³-hybridized carbons (Fsp3) is 0.235. The zero-order chi connectivity index (χ0) is 15.2. The molecule has 0 unspecified atom stereocenters. The Morgan fingerprint density at radius 3 is 2.77 bits per heavy atom. The lowest BCUT2D eigenvalue weighted by molar-refractivity contribution is -0.121. The third-order valence-corrected chi connectivity index (χ3v) is 3.27.